The number of rotatable bonds is 5. The van der Waals surface area contributed by atoms with E-state index in [0.29, 0.717) is 19.5 Å². The summed E-state index contributed by atoms with van der Waals surface area (Å²) >= 11 is 0. The highest BCUT2D eigenvalue weighted by Crippen LogP contribution is 2.22. The monoisotopic (exact) mass is 311 g/mol. The van der Waals surface area contributed by atoms with Crippen LogP contribution in [0.15, 0.2) is 18.2 Å². The number of hydrogen-bond acceptors (Lipinski definition) is 2. The van der Waals surface area contributed by atoms with Crippen molar-refractivity contribution in [1.29, 1.82) is 0 Å². The first-order valence-electron chi connectivity index (χ1n) is 7.40. The number of likely N-dealkylation sites (tertiary alicyclic amines) is 1. The number of amides is 1. The summed E-state index contributed by atoms with van der Waals surface area (Å²) in [6, 6.07) is 3.81. The van der Waals surface area contributed by atoms with E-state index in [1.54, 1.807) is 4.90 Å². The van der Waals surface area contributed by atoms with Gasteiger partial charge in [0.05, 0.1) is 6.42 Å². The Labute approximate surface area is 127 Å². The van der Waals surface area contributed by atoms with Crippen LogP contribution in [0.4, 0.5) is 8.78 Å². The van der Waals surface area contributed by atoms with Crippen LogP contribution >= 0.6 is 0 Å². The summed E-state index contributed by atoms with van der Waals surface area (Å²) < 4.78 is 26.8. The summed E-state index contributed by atoms with van der Waals surface area (Å²) in [7, 11) is 0. The Hall–Kier alpha value is -1.98. The van der Waals surface area contributed by atoms with E-state index < -0.39 is 17.6 Å². The number of carbonyl (C=O) groups excluding carboxylic acids is 1. The maximum absolute atomic E-state index is 13.6. The Bertz CT molecular complexity index is 562. The van der Waals surface area contributed by atoms with Crippen molar-refractivity contribution in [3.63, 3.8) is 0 Å². The number of halogens is 2. The predicted molar refractivity (Wildman–Crippen MR) is 76.2 cm³/mol. The lowest BCUT2D eigenvalue weighted by Gasteiger charge is -2.32. The molecule has 1 aromatic rings. The van der Waals surface area contributed by atoms with E-state index in [1.807, 2.05) is 0 Å². The molecule has 0 bridgehead atoms. The Morgan fingerprint density at radius 2 is 2.09 bits per heavy atom. The first-order chi connectivity index (χ1) is 10.5. The number of hydrogen-bond donors (Lipinski definition) is 1. The SMILES string of the molecule is O=C(O)CCC1CCCN(C(=O)Cc2cccc(F)c2F)C1. The molecule has 22 heavy (non-hydrogen) atoms. The molecular weight excluding hydrogens is 292 g/mol. The van der Waals surface area contributed by atoms with Gasteiger partial charge in [-0.25, -0.2) is 8.78 Å². The average Bonchev–Trinajstić information content (AvgIpc) is 2.50. The fraction of sp³-hybridized carbons (Fsp3) is 0.500. The van der Waals surface area contributed by atoms with Gasteiger partial charge in [0.15, 0.2) is 11.6 Å². The Balaban J connectivity index is 1.94. The van der Waals surface area contributed by atoms with Gasteiger partial charge in [0.25, 0.3) is 0 Å². The van der Waals surface area contributed by atoms with Gasteiger partial charge in [-0.1, -0.05) is 12.1 Å². The molecule has 0 saturated carbocycles. The van der Waals surface area contributed by atoms with E-state index in [1.165, 1.54) is 12.1 Å². The van der Waals surface area contributed by atoms with Gasteiger partial charge in [-0.15, -0.1) is 0 Å². The van der Waals surface area contributed by atoms with Crippen molar-refractivity contribution in [3.8, 4) is 0 Å². The van der Waals surface area contributed by atoms with E-state index in [4.69, 9.17) is 5.11 Å². The van der Waals surface area contributed by atoms with E-state index in [2.05, 4.69) is 0 Å². The molecule has 1 fully saturated rings. The topological polar surface area (TPSA) is 57.6 Å². The molecular formula is C16H19F2NO3. The number of piperidine rings is 1. The molecule has 120 valence electrons. The minimum absolute atomic E-state index is 0.0534. The minimum Gasteiger partial charge on any atom is -0.481 e. The largest absolute Gasteiger partial charge is 0.481 e. The summed E-state index contributed by atoms with van der Waals surface area (Å²) in [5.41, 5.74) is 0.0534. The van der Waals surface area contributed by atoms with Gasteiger partial charge in [0, 0.05) is 25.1 Å². The Morgan fingerprint density at radius 1 is 1.32 bits per heavy atom. The minimum atomic E-state index is -0.977. The van der Waals surface area contributed by atoms with Crippen molar-refractivity contribution in [3.05, 3.63) is 35.4 Å². The van der Waals surface area contributed by atoms with Crippen molar-refractivity contribution in [2.24, 2.45) is 5.92 Å². The van der Waals surface area contributed by atoms with E-state index in [-0.39, 0.29) is 30.2 Å². The molecule has 6 heteroatoms. The van der Waals surface area contributed by atoms with Crippen LogP contribution in [0.25, 0.3) is 0 Å². The molecule has 4 nitrogen and oxygen atoms in total. The first-order valence-corrected chi connectivity index (χ1v) is 7.40. The van der Waals surface area contributed by atoms with Crippen LogP contribution in [-0.4, -0.2) is 35.0 Å². The smallest absolute Gasteiger partial charge is 0.303 e. The summed E-state index contributed by atoms with van der Waals surface area (Å²) in [4.78, 5) is 24.5. The Morgan fingerprint density at radius 3 is 2.82 bits per heavy atom. The van der Waals surface area contributed by atoms with Crippen LogP contribution in [-0.2, 0) is 16.0 Å². The lowest BCUT2D eigenvalue weighted by atomic mass is 9.93. The van der Waals surface area contributed by atoms with E-state index in [9.17, 15) is 18.4 Å². The highest BCUT2D eigenvalue weighted by molar-refractivity contribution is 5.79. The molecule has 0 radical (unpaired) electrons. The maximum atomic E-state index is 13.6. The van der Waals surface area contributed by atoms with Gasteiger partial charge in [-0.05, 0) is 31.2 Å². The molecule has 0 aliphatic carbocycles. The number of carboxylic acids is 1. The fourth-order valence-corrected chi connectivity index (χ4v) is 2.81. The van der Waals surface area contributed by atoms with Crippen LogP contribution in [0.5, 0.6) is 0 Å². The maximum Gasteiger partial charge on any atom is 0.303 e. The third-order valence-electron chi connectivity index (χ3n) is 4.01. The van der Waals surface area contributed by atoms with Gasteiger partial charge < -0.3 is 10.0 Å². The van der Waals surface area contributed by atoms with Crippen LogP contribution < -0.4 is 0 Å². The van der Waals surface area contributed by atoms with Crippen LogP contribution in [0.1, 0.15) is 31.2 Å². The predicted octanol–water partition coefficient (Wildman–Crippen LogP) is 2.61. The zero-order chi connectivity index (χ0) is 16.1. The van der Waals surface area contributed by atoms with Crippen LogP contribution in [0.2, 0.25) is 0 Å². The second-order valence-corrected chi connectivity index (χ2v) is 5.67. The molecule has 1 amide bonds. The fourth-order valence-electron chi connectivity index (χ4n) is 2.81. The van der Waals surface area contributed by atoms with Gasteiger partial charge in [0.2, 0.25) is 5.91 Å². The normalized spacial score (nSPS) is 18.3. The zero-order valence-corrected chi connectivity index (χ0v) is 12.2. The van der Waals surface area contributed by atoms with Crippen LogP contribution in [0, 0.1) is 17.6 Å². The summed E-state index contributed by atoms with van der Waals surface area (Å²) in [5.74, 6) is -2.86. The number of aliphatic carboxylic acids is 1. The third kappa shape index (κ3) is 4.26. The van der Waals surface area contributed by atoms with Gasteiger partial charge >= 0.3 is 5.97 Å². The molecule has 1 unspecified atom stereocenters. The molecule has 1 heterocycles. The summed E-state index contributed by atoms with van der Waals surface area (Å²) in [6.45, 7) is 1.07. The highest BCUT2D eigenvalue weighted by atomic mass is 19.2. The molecule has 0 aromatic heterocycles. The first kappa shape index (κ1) is 16.4. The van der Waals surface area contributed by atoms with Gasteiger partial charge in [-0.3, -0.25) is 9.59 Å². The second-order valence-electron chi connectivity index (χ2n) is 5.67. The van der Waals surface area contributed by atoms with E-state index in [0.717, 1.165) is 18.9 Å². The van der Waals surface area contributed by atoms with Crippen molar-refractivity contribution in [2.45, 2.75) is 32.1 Å². The van der Waals surface area contributed by atoms with Crippen molar-refractivity contribution in [2.75, 3.05) is 13.1 Å². The summed E-state index contributed by atoms with van der Waals surface area (Å²) in [5, 5.41) is 8.71. The molecule has 1 aliphatic heterocycles. The number of carbonyl (C=O) groups is 2. The van der Waals surface area contributed by atoms with Gasteiger partial charge in [0.1, 0.15) is 0 Å². The molecule has 1 N–H and O–H groups in total. The molecule has 1 atom stereocenters. The standard InChI is InChI=1S/C16H19F2NO3/c17-13-5-1-4-12(16(13)18)9-14(20)19-8-2-3-11(10-19)6-7-15(21)22/h1,4-5,11H,2-3,6-10H2,(H,21,22). The average molecular weight is 311 g/mol. The molecule has 1 aromatic carbocycles. The second kappa shape index (κ2) is 7.33. The Kier molecular flexibility index (Phi) is 5.46. The summed E-state index contributed by atoms with van der Waals surface area (Å²) in [6.07, 6.45) is 2.15. The van der Waals surface area contributed by atoms with Crippen molar-refractivity contribution in [1.82, 2.24) is 4.90 Å². The quantitative estimate of drug-likeness (QED) is 0.909. The molecule has 1 aliphatic rings. The van der Waals surface area contributed by atoms with E-state index >= 15 is 0 Å². The third-order valence-corrected chi connectivity index (χ3v) is 4.01. The number of carboxylic acid groups (broad SMARTS) is 1. The lowest BCUT2D eigenvalue weighted by Crippen LogP contribution is -2.41. The number of nitrogens with zero attached hydrogens (tertiary/aromatic N) is 1. The van der Waals surface area contributed by atoms with Gasteiger partial charge in [-0.2, -0.15) is 0 Å². The lowest BCUT2D eigenvalue weighted by molar-refractivity contribution is -0.137. The van der Waals surface area contributed by atoms with Crippen molar-refractivity contribution >= 4 is 11.9 Å². The van der Waals surface area contributed by atoms with Crippen molar-refractivity contribution < 1.29 is 23.5 Å². The van der Waals surface area contributed by atoms with Crippen LogP contribution in [0.3, 0.4) is 0 Å². The molecule has 0 spiro atoms. The molecule has 2 rings (SSSR count). The molecule has 1 saturated heterocycles. The number of benzene rings is 1. The zero-order valence-electron chi connectivity index (χ0n) is 12.2. The highest BCUT2D eigenvalue weighted by Gasteiger charge is 2.24.